The summed E-state index contributed by atoms with van der Waals surface area (Å²) in [6, 6.07) is 5.86. The maximum Gasteiger partial charge on any atom is 0.143 e. The van der Waals surface area contributed by atoms with E-state index in [1.807, 2.05) is 38.4 Å². The molecule has 4 atom stereocenters. The van der Waals surface area contributed by atoms with Crippen LogP contribution in [0, 0.1) is 34.5 Å². The molecule has 0 aromatic carbocycles. The second kappa shape index (κ2) is 11.4. The average molecular weight is 433 g/mol. The Morgan fingerprint density at radius 2 is 2.12 bits per heavy atom. The molecule has 0 radical (unpaired) electrons. The Kier molecular flexibility index (Phi) is 8.95. The number of rotatable bonds is 10. The minimum absolute atomic E-state index is 0.113. The highest BCUT2D eigenvalue weighted by Crippen LogP contribution is 2.42. The SMILES string of the molecule is C=C/C(C(=N)C#N)=C(\N=C(/NC)C1CCC1C(C)C(=C)C)NC(C)c1ccc(CC)nc1. The first-order valence-corrected chi connectivity index (χ1v) is 11.3. The van der Waals surface area contributed by atoms with Crippen LogP contribution in [0.5, 0.6) is 0 Å². The summed E-state index contributed by atoms with van der Waals surface area (Å²) in [5.74, 6) is 2.49. The molecule has 1 heterocycles. The fourth-order valence-corrected chi connectivity index (χ4v) is 4.01. The van der Waals surface area contributed by atoms with Crippen LogP contribution in [0.2, 0.25) is 0 Å². The normalized spacial score (nSPS) is 20.7. The molecule has 1 aliphatic carbocycles. The van der Waals surface area contributed by atoms with Gasteiger partial charge in [0, 0.05) is 24.9 Å². The maximum atomic E-state index is 9.36. The van der Waals surface area contributed by atoms with E-state index >= 15 is 0 Å². The van der Waals surface area contributed by atoms with Crippen molar-refractivity contribution in [2.75, 3.05) is 7.05 Å². The fourth-order valence-electron chi connectivity index (χ4n) is 4.01. The number of aromatic nitrogens is 1. The number of nitrogens with zero attached hydrogens (tertiary/aromatic N) is 3. The van der Waals surface area contributed by atoms with Crippen LogP contribution in [-0.2, 0) is 6.42 Å². The summed E-state index contributed by atoms with van der Waals surface area (Å²) in [6.45, 7) is 16.3. The highest BCUT2D eigenvalue weighted by atomic mass is 15.1. The molecule has 1 fully saturated rings. The lowest BCUT2D eigenvalue weighted by atomic mass is 9.65. The minimum atomic E-state index is -0.172. The lowest BCUT2D eigenvalue weighted by Crippen LogP contribution is -2.43. The Labute approximate surface area is 192 Å². The molecule has 2 rings (SSSR count). The smallest absolute Gasteiger partial charge is 0.143 e. The monoisotopic (exact) mass is 432 g/mol. The molecule has 1 aromatic heterocycles. The Morgan fingerprint density at radius 1 is 1.41 bits per heavy atom. The number of amidine groups is 1. The molecule has 0 bridgehead atoms. The van der Waals surface area contributed by atoms with Gasteiger partial charge in [-0.05, 0) is 56.6 Å². The maximum absolute atomic E-state index is 9.36. The van der Waals surface area contributed by atoms with Crippen LogP contribution in [-0.4, -0.2) is 23.6 Å². The number of allylic oxidation sites excluding steroid dienone is 3. The van der Waals surface area contributed by atoms with E-state index < -0.39 is 0 Å². The number of hydrogen-bond acceptors (Lipinski definition) is 5. The van der Waals surface area contributed by atoms with Crippen molar-refractivity contribution < 1.29 is 0 Å². The number of aryl methyl sites for hydroxylation is 1. The van der Waals surface area contributed by atoms with E-state index in [2.05, 4.69) is 49.5 Å². The molecule has 32 heavy (non-hydrogen) atoms. The molecule has 170 valence electrons. The molecule has 0 aliphatic heterocycles. The van der Waals surface area contributed by atoms with Gasteiger partial charge in [-0.15, -0.1) is 0 Å². The third-order valence-electron chi connectivity index (χ3n) is 6.49. The van der Waals surface area contributed by atoms with Crippen LogP contribution in [0.3, 0.4) is 0 Å². The molecule has 0 spiro atoms. The van der Waals surface area contributed by atoms with Gasteiger partial charge in [-0.1, -0.05) is 44.7 Å². The van der Waals surface area contributed by atoms with Crippen molar-refractivity contribution in [1.82, 2.24) is 15.6 Å². The van der Waals surface area contributed by atoms with Crippen molar-refractivity contribution in [2.24, 2.45) is 22.7 Å². The zero-order chi connectivity index (χ0) is 23.8. The second-order valence-electron chi connectivity index (χ2n) is 8.49. The quantitative estimate of drug-likeness (QED) is 0.208. The predicted octanol–water partition coefficient (Wildman–Crippen LogP) is 5.09. The van der Waals surface area contributed by atoms with Crippen molar-refractivity contribution in [3.05, 3.63) is 65.8 Å². The van der Waals surface area contributed by atoms with Gasteiger partial charge >= 0.3 is 0 Å². The highest BCUT2D eigenvalue weighted by molar-refractivity contribution is 6.11. The van der Waals surface area contributed by atoms with Crippen LogP contribution in [0.25, 0.3) is 0 Å². The molecule has 3 N–H and O–H groups in total. The van der Waals surface area contributed by atoms with Crippen LogP contribution in [0.15, 0.2) is 59.5 Å². The summed E-state index contributed by atoms with van der Waals surface area (Å²) in [5, 5.41) is 24.1. The van der Waals surface area contributed by atoms with Gasteiger partial charge in [-0.25, -0.2) is 4.99 Å². The van der Waals surface area contributed by atoms with E-state index in [4.69, 9.17) is 10.4 Å². The molecule has 1 saturated carbocycles. The van der Waals surface area contributed by atoms with Gasteiger partial charge < -0.3 is 10.6 Å². The average Bonchev–Trinajstić information content (AvgIpc) is 2.77. The first-order chi connectivity index (χ1) is 15.3. The van der Waals surface area contributed by atoms with Gasteiger partial charge in [0.2, 0.25) is 0 Å². The van der Waals surface area contributed by atoms with Crippen LogP contribution >= 0.6 is 0 Å². The second-order valence-corrected chi connectivity index (χ2v) is 8.49. The van der Waals surface area contributed by atoms with Gasteiger partial charge in [0.15, 0.2) is 0 Å². The number of nitriles is 1. The van der Waals surface area contributed by atoms with E-state index in [9.17, 15) is 5.26 Å². The molecule has 6 heteroatoms. The number of nitrogens with one attached hydrogen (secondary N) is 3. The Morgan fingerprint density at radius 3 is 2.56 bits per heavy atom. The van der Waals surface area contributed by atoms with Crippen molar-refractivity contribution in [3.8, 4) is 6.07 Å². The topological polar surface area (TPSA) is 97.0 Å². The summed E-state index contributed by atoms with van der Waals surface area (Å²) >= 11 is 0. The van der Waals surface area contributed by atoms with Gasteiger partial charge in [0.1, 0.15) is 23.4 Å². The van der Waals surface area contributed by atoms with Crippen molar-refractivity contribution >= 4 is 11.5 Å². The third-order valence-corrected chi connectivity index (χ3v) is 6.49. The summed E-state index contributed by atoms with van der Waals surface area (Å²) in [7, 11) is 1.87. The third kappa shape index (κ3) is 5.73. The lowest BCUT2D eigenvalue weighted by Gasteiger charge is -2.41. The summed E-state index contributed by atoms with van der Waals surface area (Å²) in [4.78, 5) is 9.40. The zero-order valence-corrected chi connectivity index (χ0v) is 20.0. The minimum Gasteiger partial charge on any atom is -0.376 e. The predicted molar refractivity (Wildman–Crippen MR) is 132 cm³/mol. The standard InChI is InChI=1S/C26H36N6/c1-8-20-11-10-19(15-30-20)18(6)31-26(21(9-2)24(28)14-27)32-25(29-7)23-13-12-22(23)17(5)16(3)4/h9-11,15,17-18,22-23,28,31H,2-3,8,12-13H2,1,4-7H3,(H,29,32)/b26-21+,28-24?. The molecule has 4 unspecified atom stereocenters. The van der Waals surface area contributed by atoms with E-state index in [0.717, 1.165) is 36.4 Å². The van der Waals surface area contributed by atoms with E-state index in [1.165, 1.54) is 11.6 Å². The number of hydrogen-bond donors (Lipinski definition) is 3. The summed E-state index contributed by atoms with van der Waals surface area (Å²) in [6.07, 6.45) is 6.45. The Hall–Kier alpha value is -3.20. The molecular formula is C26H36N6. The first kappa shape index (κ1) is 25.1. The number of pyridine rings is 1. The first-order valence-electron chi connectivity index (χ1n) is 11.3. The van der Waals surface area contributed by atoms with Crippen molar-refractivity contribution in [3.63, 3.8) is 0 Å². The summed E-state index contributed by atoms with van der Waals surface area (Å²) < 4.78 is 0. The van der Waals surface area contributed by atoms with Gasteiger partial charge in [-0.3, -0.25) is 10.4 Å². The molecule has 1 aliphatic rings. The number of aliphatic imine (C=N–C) groups is 1. The van der Waals surface area contributed by atoms with Gasteiger partial charge in [-0.2, -0.15) is 5.26 Å². The van der Waals surface area contributed by atoms with Crippen molar-refractivity contribution in [1.29, 1.82) is 10.7 Å². The summed E-state index contributed by atoms with van der Waals surface area (Å²) in [5.41, 5.74) is 3.43. The lowest BCUT2D eigenvalue weighted by molar-refractivity contribution is 0.186. The van der Waals surface area contributed by atoms with E-state index in [0.29, 0.717) is 23.2 Å². The molecular weight excluding hydrogens is 396 g/mol. The zero-order valence-electron chi connectivity index (χ0n) is 20.0. The molecule has 0 amide bonds. The molecule has 6 nitrogen and oxygen atoms in total. The fraction of sp³-hybridized carbons (Fsp3) is 0.462. The van der Waals surface area contributed by atoms with Crippen LogP contribution < -0.4 is 10.6 Å². The van der Waals surface area contributed by atoms with Gasteiger partial charge in [0.05, 0.1) is 11.6 Å². The Balaban J connectivity index is 2.43. The van der Waals surface area contributed by atoms with Crippen molar-refractivity contribution in [2.45, 2.75) is 53.0 Å². The van der Waals surface area contributed by atoms with E-state index in [1.54, 1.807) is 0 Å². The largest absolute Gasteiger partial charge is 0.376 e. The van der Waals surface area contributed by atoms with Gasteiger partial charge in [0.25, 0.3) is 0 Å². The van der Waals surface area contributed by atoms with Crippen LogP contribution in [0.1, 0.15) is 57.8 Å². The highest BCUT2D eigenvalue weighted by Gasteiger charge is 2.38. The molecule has 1 aromatic rings. The van der Waals surface area contributed by atoms with Crippen LogP contribution in [0.4, 0.5) is 0 Å². The molecule has 0 saturated heterocycles. The van der Waals surface area contributed by atoms with E-state index in [-0.39, 0.29) is 17.7 Å². The Bertz CT molecular complexity index is 948.